The van der Waals surface area contributed by atoms with Crippen LogP contribution < -0.4 is 16.6 Å². The summed E-state index contributed by atoms with van der Waals surface area (Å²) >= 11 is 1.59. The minimum absolute atomic E-state index is 0.0360. The number of aromatic amines is 1. The number of rotatable bonds is 1. The van der Waals surface area contributed by atoms with E-state index in [1.165, 1.54) is 15.0 Å². The van der Waals surface area contributed by atoms with E-state index in [0.717, 1.165) is 55.4 Å². The van der Waals surface area contributed by atoms with Crippen molar-refractivity contribution in [1.29, 1.82) is 0 Å². The Labute approximate surface area is 119 Å². The number of H-pyrrole nitrogens is 1. The van der Waals surface area contributed by atoms with E-state index < -0.39 is 0 Å². The molecule has 2 N–H and O–H groups in total. The highest BCUT2D eigenvalue weighted by molar-refractivity contribution is 7.18. The molecule has 2 aromatic rings. The largest absolute Gasteiger partial charge is 0.329 e. The van der Waals surface area contributed by atoms with Gasteiger partial charge < -0.3 is 5.32 Å². The molecule has 1 saturated heterocycles. The maximum absolute atomic E-state index is 12.8. The van der Waals surface area contributed by atoms with Crippen molar-refractivity contribution in [3.63, 3.8) is 0 Å². The Morgan fingerprint density at radius 2 is 1.95 bits per heavy atom. The molecular weight excluding hydrogens is 274 g/mol. The van der Waals surface area contributed by atoms with E-state index in [0.29, 0.717) is 0 Å². The fourth-order valence-electron chi connectivity index (χ4n) is 3.49. The molecule has 2 aromatic heterocycles. The van der Waals surface area contributed by atoms with Gasteiger partial charge in [0.2, 0.25) is 0 Å². The maximum atomic E-state index is 12.8. The van der Waals surface area contributed by atoms with Crippen LogP contribution in [0.2, 0.25) is 0 Å². The molecule has 0 unspecified atom stereocenters. The molecule has 0 atom stereocenters. The molecule has 1 fully saturated rings. The van der Waals surface area contributed by atoms with E-state index >= 15 is 0 Å². The summed E-state index contributed by atoms with van der Waals surface area (Å²) in [6.07, 6.45) is 4.84. The third-order valence-corrected chi connectivity index (χ3v) is 5.67. The first kappa shape index (κ1) is 12.3. The lowest BCUT2D eigenvalue weighted by molar-refractivity contribution is 0.352. The van der Waals surface area contributed by atoms with Crippen molar-refractivity contribution < 1.29 is 0 Å². The van der Waals surface area contributed by atoms with Crippen LogP contribution in [0.4, 0.5) is 0 Å². The predicted octanol–water partition coefficient (Wildman–Crippen LogP) is 1.16. The van der Waals surface area contributed by atoms with E-state index in [2.05, 4.69) is 10.3 Å². The number of hydrogen-bond acceptors (Lipinski definition) is 4. The molecule has 20 heavy (non-hydrogen) atoms. The Morgan fingerprint density at radius 3 is 2.75 bits per heavy atom. The molecule has 1 aliphatic carbocycles. The lowest BCUT2D eigenvalue weighted by Crippen LogP contribution is -2.42. The summed E-state index contributed by atoms with van der Waals surface area (Å²) in [5.41, 5.74) is 0.873. The molecule has 3 heterocycles. The number of nitrogens with one attached hydrogen (secondary N) is 2. The van der Waals surface area contributed by atoms with E-state index in [-0.39, 0.29) is 17.3 Å². The van der Waals surface area contributed by atoms with Gasteiger partial charge in [-0.3, -0.25) is 14.3 Å². The lowest BCUT2D eigenvalue weighted by atomic mass is 10.1. The highest BCUT2D eigenvalue weighted by atomic mass is 32.1. The van der Waals surface area contributed by atoms with E-state index in [9.17, 15) is 9.59 Å². The molecule has 0 saturated carbocycles. The molecule has 0 spiro atoms. The number of fused-ring (bicyclic) bond motifs is 3. The molecule has 1 aliphatic heterocycles. The van der Waals surface area contributed by atoms with Crippen molar-refractivity contribution in [3.8, 4) is 0 Å². The third kappa shape index (κ3) is 1.71. The zero-order chi connectivity index (χ0) is 13.7. The van der Waals surface area contributed by atoms with Crippen molar-refractivity contribution in [2.45, 2.75) is 38.1 Å². The van der Waals surface area contributed by atoms with Gasteiger partial charge >= 0.3 is 5.69 Å². The number of nitrogens with zero attached hydrogens (tertiary/aromatic N) is 1. The summed E-state index contributed by atoms with van der Waals surface area (Å²) in [6.45, 7) is 1.74. The molecular formula is C14H17N3O2S. The molecule has 0 radical (unpaired) electrons. The summed E-state index contributed by atoms with van der Waals surface area (Å²) < 4.78 is 1.47. The Bertz CT molecular complexity index is 780. The second kappa shape index (κ2) is 4.56. The van der Waals surface area contributed by atoms with Gasteiger partial charge in [-0.15, -0.1) is 11.3 Å². The van der Waals surface area contributed by atoms with Crippen LogP contribution in [0.1, 0.15) is 35.7 Å². The van der Waals surface area contributed by atoms with Crippen molar-refractivity contribution in [3.05, 3.63) is 31.3 Å². The van der Waals surface area contributed by atoms with Crippen LogP contribution in [0.15, 0.2) is 9.59 Å². The average Bonchev–Trinajstić information content (AvgIpc) is 2.99. The Morgan fingerprint density at radius 1 is 1.15 bits per heavy atom. The zero-order valence-electron chi connectivity index (χ0n) is 11.2. The van der Waals surface area contributed by atoms with Gasteiger partial charge in [-0.05, 0) is 50.8 Å². The summed E-state index contributed by atoms with van der Waals surface area (Å²) in [5.74, 6) is 0. The van der Waals surface area contributed by atoms with Crippen LogP contribution in [-0.2, 0) is 12.8 Å². The molecule has 5 nitrogen and oxygen atoms in total. The van der Waals surface area contributed by atoms with Crippen LogP contribution in [-0.4, -0.2) is 22.6 Å². The van der Waals surface area contributed by atoms with Crippen LogP contribution in [0.3, 0.4) is 0 Å². The van der Waals surface area contributed by atoms with Crippen molar-refractivity contribution in [2.24, 2.45) is 0 Å². The normalized spacial score (nSPS) is 19.6. The fourth-order valence-corrected chi connectivity index (χ4v) is 4.76. The predicted molar refractivity (Wildman–Crippen MR) is 79.9 cm³/mol. The van der Waals surface area contributed by atoms with Crippen LogP contribution >= 0.6 is 11.3 Å². The van der Waals surface area contributed by atoms with Crippen LogP contribution in [0, 0.1) is 0 Å². The maximum Gasteiger partial charge on any atom is 0.329 e. The SMILES string of the molecule is O=c1[nH]c2sc3c(c2c(=O)n1C1CCNCC1)CCC3. The van der Waals surface area contributed by atoms with Gasteiger partial charge in [0, 0.05) is 10.9 Å². The highest BCUT2D eigenvalue weighted by Crippen LogP contribution is 2.34. The van der Waals surface area contributed by atoms with Crippen molar-refractivity contribution >= 4 is 21.6 Å². The number of aryl methyl sites for hydroxylation is 2. The summed E-state index contributed by atoms with van der Waals surface area (Å²) in [7, 11) is 0. The first-order chi connectivity index (χ1) is 9.75. The fraction of sp³-hybridized carbons (Fsp3) is 0.571. The molecule has 6 heteroatoms. The standard InChI is InChI=1S/C14H17N3O2S/c18-13-11-9-2-1-3-10(9)20-12(11)16-14(19)17(13)8-4-6-15-7-5-8/h8,15H,1-7H2,(H,16,19). The van der Waals surface area contributed by atoms with Gasteiger partial charge in [0.05, 0.1) is 5.39 Å². The van der Waals surface area contributed by atoms with Crippen molar-refractivity contribution in [2.75, 3.05) is 13.1 Å². The van der Waals surface area contributed by atoms with Gasteiger partial charge in [0.25, 0.3) is 5.56 Å². The summed E-state index contributed by atoms with van der Waals surface area (Å²) in [6, 6.07) is 0.0360. The quantitative estimate of drug-likeness (QED) is 0.828. The van der Waals surface area contributed by atoms with Gasteiger partial charge in [-0.1, -0.05) is 0 Å². The first-order valence-corrected chi connectivity index (χ1v) is 8.07. The van der Waals surface area contributed by atoms with E-state index in [1.807, 2.05) is 0 Å². The Kier molecular flexibility index (Phi) is 2.82. The molecule has 4 rings (SSSR count). The molecule has 0 aromatic carbocycles. The molecule has 0 amide bonds. The summed E-state index contributed by atoms with van der Waals surface area (Å²) in [4.78, 5) is 30.1. The van der Waals surface area contributed by atoms with Gasteiger partial charge in [0.1, 0.15) is 4.83 Å². The second-order valence-corrected chi connectivity index (χ2v) is 6.75. The smallest absolute Gasteiger partial charge is 0.317 e. The topological polar surface area (TPSA) is 66.9 Å². The van der Waals surface area contributed by atoms with Crippen molar-refractivity contribution in [1.82, 2.24) is 14.9 Å². The third-order valence-electron chi connectivity index (χ3n) is 4.47. The minimum atomic E-state index is -0.241. The summed E-state index contributed by atoms with van der Waals surface area (Å²) in [5, 5.41) is 4.05. The second-order valence-electron chi connectivity index (χ2n) is 5.65. The Hall–Kier alpha value is -1.40. The lowest BCUT2D eigenvalue weighted by Gasteiger charge is -2.23. The van der Waals surface area contributed by atoms with Crippen LogP contribution in [0.25, 0.3) is 10.2 Å². The van der Waals surface area contributed by atoms with E-state index in [4.69, 9.17) is 0 Å². The minimum Gasteiger partial charge on any atom is -0.317 e. The number of hydrogen-bond donors (Lipinski definition) is 2. The van der Waals surface area contributed by atoms with Gasteiger partial charge in [0.15, 0.2) is 0 Å². The average molecular weight is 291 g/mol. The van der Waals surface area contributed by atoms with Crippen LogP contribution in [0.5, 0.6) is 0 Å². The highest BCUT2D eigenvalue weighted by Gasteiger charge is 2.25. The molecule has 2 aliphatic rings. The van der Waals surface area contributed by atoms with Gasteiger partial charge in [-0.2, -0.15) is 0 Å². The zero-order valence-corrected chi connectivity index (χ0v) is 12.0. The number of piperidine rings is 1. The molecule has 106 valence electrons. The van der Waals surface area contributed by atoms with Gasteiger partial charge in [-0.25, -0.2) is 4.79 Å². The number of thiophene rings is 1. The Balaban J connectivity index is 1.97. The molecule has 0 bridgehead atoms. The monoisotopic (exact) mass is 291 g/mol. The first-order valence-electron chi connectivity index (χ1n) is 7.25. The van der Waals surface area contributed by atoms with E-state index in [1.54, 1.807) is 11.3 Å². The number of aromatic nitrogens is 2.